The van der Waals surface area contributed by atoms with Crippen LogP contribution < -0.4 is 15.6 Å². The lowest BCUT2D eigenvalue weighted by atomic mass is 9.94. The summed E-state index contributed by atoms with van der Waals surface area (Å²) < 4.78 is 5.64. The van der Waals surface area contributed by atoms with Crippen molar-refractivity contribution in [1.82, 2.24) is 10.9 Å². The average molecular weight is 330 g/mol. The number of ether oxygens (including phenoxy) is 1. The SMILES string of the molecule is Cc1ccc(C(C)C)c(OCC(=O)NNC(=O)[C@H]2CC=CCC2)c1. The first-order valence-electron chi connectivity index (χ1n) is 8.44. The summed E-state index contributed by atoms with van der Waals surface area (Å²) >= 11 is 0. The third-order valence-electron chi connectivity index (χ3n) is 4.11. The molecule has 1 aliphatic carbocycles. The van der Waals surface area contributed by atoms with Crippen molar-refractivity contribution in [3.8, 4) is 5.75 Å². The van der Waals surface area contributed by atoms with E-state index in [2.05, 4.69) is 30.8 Å². The standard InChI is InChI=1S/C19H26N2O3/c1-13(2)16-10-9-14(3)11-17(16)24-12-18(22)20-21-19(23)15-7-5-4-6-8-15/h4-5,9-11,13,15H,6-8,12H2,1-3H3,(H,20,22)(H,21,23)/t15-/m0/s1. The molecule has 0 bridgehead atoms. The second-order valence-corrected chi connectivity index (χ2v) is 6.50. The van der Waals surface area contributed by atoms with Crippen LogP contribution >= 0.6 is 0 Å². The zero-order valence-electron chi connectivity index (χ0n) is 14.6. The van der Waals surface area contributed by atoms with E-state index in [-0.39, 0.29) is 24.3 Å². The number of nitrogens with one attached hydrogen (secondary N) is 2. The maximum atomic E-state index is 12.0. The molecule has 0 spiro atoms. The van der Waals surface area contributed by atoms with Crippen LogP contribution in [0.1, 0.15) is 50.2 Å². The van der Waals surface area contributed by atoms with Crippen LogP contribution in [0.2, 0.25) is 0 Å². The van der Waals surface area contributed by atoms with Crippen molar-refractivity contribution in [3.63, 3.8) is 0 Å². The lowest BCUT2D eigenvalue weighted by Crippen LogP contribution is -2.46. The van der Waals surface area contributed by atoms with E-state index in [0.717, 1.165) is 30.4 Å². The summed E-state index contributed by atoms with van der Waals surface area (Å²) in [5, 5.41) is 0. The van der Waals surface area contributed by atoms with E-state index in [4.69, 9.17) is 4.74 Å². The normalized spacial score (nSPS) is 16.8. The van der Waals surface area contributed by atoms with Gasteiger partial charge in [-0.25, -0.2) is 0 Å². The topological polar surface area (TPSA) is 67.4 Å². The molecule has 1 aliphatic rings. The molecule has 2 N–H and O–H groups in total. The van der Waals surface area contributed by atoms with E-state index < -0.39 is 0 Å². The molecule has 24 heavy (non-hydrogen) atoms. The molecule has 0 aliphatic heterocycles. The Hall–Kier alpha value is -2.30. The first-order chi connectivity index (χ1) is 11.5. The maximum Gasteiger partial charge on any atom is 0.276 e. The van der Waals surface area contributed by atoms with Crippen molar-refractivity contribution in [2.75, 3.05) is 6.61 Å². The number of benzene rings is 1. The number of carbonyl (C=O) groups is 2. The first kappa shape index (κ1) is 18.0. The molecule has 0 saturated carbocycles. The fraction of sp³-hybridized carbons (Fsp3) is 0.474. The number of hydrazine groups is 1. The quantitative estimate of drug-likeness (QED) is 0.644. The van der Waals surface area contributed by atoms with Crippen LogP contribution in [0.25, 0.3) is 0 Å². The van der Waals surface area contributed by atoms with Crippen LogP contribution in [0.3, 0.4) is 0 Å². The molecule has 130 valence electrons. The lowest BCUT2D eigenvalue weighted by Gasteiger charge is -2.18. The number of hydrogen-bond acceptors (Lipinski definition) is 3. The largest absolute Gasteiger partial charge is 0.483 e. The fourth-order valence-corrected chi connectivity index (χ4v) is 2.69. The average Bonchev–Trinajstić information content (AvgIpc) is 2.58. The highest BCUT2D eigenvalue weighted by atomic mass is 16.5. The van der Waals surface area contributed by atoms with Gasteiger partial charge < -0.3 is 4.74 Å². The molecule has 1 aromatic rings. The van der Waals surface area contributed by atoms with Crippen LogP contribution in [-0.4, -0.2) is 18.4 Å². The monoisotopic (exact) mass is 330 g/mol. The molecule has 0 unspecified atom stereocenters. The minimum atomic E-state index is -0.370. The Morgan fingerprint density at radius 1 is 1.25 bits per heavy atom. The third kappa shape index (κ3) is 5.11. The predicted octanol–water partition coefficient (Wildman–Crippen LogP) is 3.00. The van der Waals surface area contributed by atoms with Crippen LogP contribution in [0.15, 0.2) is 30.4 Å². The van der Waals surface area contributed by atoms with Crippen molar-refractivity contribution >= 4 is 11.8 Å². The second kappa shape index (κ2) is 8.52. The van der Waals surface area contributed by atoms with Crippen molar-refractivity contribution in [2.45, 2.75) is 46.0 Å². The molecule has 0 fully saturated rings. The Morgan fingerprint density at radius 2 is 2.04 bits per heavy atom. The van der Waals surface area contributed by atoms with Gasteiger partial charge >= 0.3 is 0 Å². The van der Waals surface area contributed by atoms with Gasteiger partial charge in [0.2, 0.25) is 5.91 Å². The highest BCUT2D eigenvalue weighted by Crippen LogP contribution is 2.27. The highest BCUT2D eigenvalue weighted by Gasteiger charge is 2.19. The number of carbonyl (C=O) groups excluding carboxylic acids is 2. The summed E-state index contributed by atoms with van der Waals surface area (Å²) in [6.07, 6.45) is 6.52. The molecule has 2 amide bonds. The summed E-state index contributed by atoms with van der Waals surface area (Å²) in [6.45, 7) is 6.01. The first-order valence-corrected chi connectivity index (χ1v) is 8.44. The summed E-state index contributed by atoms with van der Waals surface area (Å²) in [6, 6.07) is 5.97. The van der Waals surface area contributed by atoms with Crippen LogP contribution in [0.4, 0.5) is 0 Å². The summed E-state index contributed by atoms with van der Waals surface area (Å²) in [5.74, 6) is 0.434. The molecule has 0 radical (unpaired) electrons. The molecule has 5 heteroatoms. The van der Waals surface area contributed by atoms with Crippen molar-refractivity contribution in [3.05, 3.63) is 41.5 Å². The van der Waals surface area contributed by atoms with Gasteiger partial charge in [0, 0.05) is 5.92 Å². The van der Waals surface area contributed by atoms with Crippen LogP contribution in [0, 0.1) is 12.8 Å². The molecule has 5 nitrogen and oxygen atoms in total. The van der Waals surface area contributed by atoms with E-state index in [1.807, 2.05) is 31.2 Å². The Balaban J connectivity index is 1.82. The molecule has 1 aromatic carbocycles. The summed E-state index contributed by atoms with van der Waals surface area (Å²) in [5.41, 5.74) is 7.05. The van der Waals surface area contributed by atoms with Gasteiger partial charge in [0.15, 0.2) is 6.61 Å². The van der Waals surface area contributed by atoms with Gasteiger partial charge in [0.1, 0.15) is 5.75 Å². The number of aryl methyl sites for hydroxylation is 1. The summed E-state index contributed by atoms with van der Waals surface area (Å²) in [4.78, 5) is 23.9. The summed E-state index contributed by atoms with van der Waals surface area (Å²) in [7, 11) is 0. The van der Waals surface area contributed by atoms with Crippen LogP contribution in [0.5, 0.6) is 5.75 Å². The third-order valence-corrected chi connectivity index (χ3v) is 4.11. The Labute approximate surface area is 143 Å². The highest BCUT2D eigenvalue weighted by molar-refractivity contribution is 5.84. The van der Waals surface area contributed by atoms with E-state index in [1.165, 1.54) is 0 Å². The molecule has 0 heterocycles. The van der Waals surface area contributed by atoms with Gasteiger partial charge in [-0.3, -0.25) is 20.4 Å². The van der Waals surface area contributed by atoms with Gasteiger partial charge in [0.25, 0.3) is 5.91 Å². The smallest absolute Gasteiger partial charge is 0.276 e. The zero-order chi connectivity index (χ0) is 17.5. The number of hydrogen-bond donors (Lipinski definition) is 2. The molecule has 1 atom stereocenters. The predicted molar refractivity (Wildman–Crippen MR) is 93.5 cm³/mol. The Morgan fingerprint density at radius 3 is 2.71 bits per heavy atom. The van der Waals surface area contributed by atoms with Gasteiger partial charge in [-0.1, -0.05) is 38.1 Å². The molecule has 0 saturated heterocycles. The number of allylic oxidation sites excluding steroid dienone is 2. The van der Waals surface area contributed by atoms with Gasteiger partial charge in [-0.15, -0.1) is 0 Å². The Bertz CT molecular complexity index is 623. The lowest BCUT2D eigenvalue weighted by molar-refractivity contribution is -0.132. The van der Waals surface area contributed by atoms with E-state index in [1.54, 1.807) is 0 Å². The van der Waals surface area contributed by atoms with E-state index >= 15 is 0 Å². The minimum absolute atomic E-state index is 0.0689. The van der Waals surface area contributed by atoms with Crippen molar-refractivity contribution < 1.29 is 14.3 Å². The van der Waals surface area contributed by atoms with Crippen molar-refractivity contribution in [1.29, 1.82) is 0 Å². The van der Waals surface area contributed by atoms with Crippen LogP contribution in [-0.2, 0) is 9.59 Å². The van der Waals surface area contributed by atoms with Gasteiger partial charge in [-0.2, -0.15) is 0 Å². The Kier molecular flexibility index (Phi) is 6.41. The number of rotatable bonds is 5. The van der Waals surface area contributed by atoms with Gasteiger partial charge in [-0.05, 0) is 49.3 Å². The zero-order valence-corrected chi connectivity index (χ0v) is 14.6. The van der Waals surface area contributed by atoms with Gasteiger partial charge in [0.05, 0.1) is 0 Å². The molecule has 0 aromatic heterocycles. The number of amides is 2. The van der Waals surface area contributed by atoms with E-state index in [0.29, 0.717) is 11.7 Å². The molecular weight excluding hydrogens is 304 g/mol. The maximum absolute atomic E-state index is 12.0. The van der Waals surface area contributed by atoms with E-state index in [9.17, 15) is 9.59 Å². The van der Waals surface area contributed by atoms with Crippen molar-refractivity contribution in [2.24, 2.45) is 5.92 Å². The molecule has 2 rings (SSSR count). The molecular formula is C19H26N2O3. The minimum Gasteiger partial charge on any atom is -0.483 e. The second-order valence-electron chi connectivity index (χ2n) is 6.50. The fourth-order valence-electron chi connectivity index (χ4n) is 2.69.